The first kappa shape index (κ1) is 19.3. The summed E-state index contributed by atoms with van der Waals surface area (Å²) in [4.78, 5) is 12.4. The summed E-state index contributed by atoms with van der Waals surface area (Å²) in [6.45, 7) is 6.42. The summed E-state index contributed by atoms with van der Waals surface area (Å²) in [6, 6.07) is 3.79. The van der Waals surface area contributed by atoms with E-state index < -0.39 is 14.9 Å². The SMILES string of the molecule is CC1CCN(C(C)CNS(=O)(=O)c2cc(Br)cc([N+](=O)[O-])c2)CC1. The molecule has 1 saturated heterocycles. The molecule has 0 radical (unpaired) electrons. The molecule has 0 aromatic heterocycles. The standard InChI is InChI=1S/C15H22BrN3O4S/c1-11-3-5-18(6-4-11)12(2)10-17-24(22,23)15-8-13(16)7-14(9-15)19(20)21/h7-9,11-12,17H,3-6,10H2,1-2H3. The largest absolute Gasteiger partial charge is 0.299 e. The molecule has 134 valence electrons. The molecule has 1 N–H and O–H groups in total. The van der Waals surface area contributed by atoms with Gasteiger partial charge in [-0.1, -0.05) is 22.9 Å². The lowest BCUT2D eigenvalue weighted by Gasteiger charge is -2.34. The van der Waals surface area contributed by atoms with E-state index in [-0.39, 0.29) is 23.2 Å². The molecule has 1 atom stereocenters. The first-order valence-corrected chi connectivity index (χ1v) is 10.2. The predicted molar refractivity (Wildman–Crippen MR) is 95.4 cm³/mol. The zero-order valence-electron chi connectivity index (χ0n) is 13.7. The topological polar surface area (TPSA) is 92.6 Å². The molecule has 0 bridgehead atoms. The Morgan fingerprint density at radius 2 is 2.00 bits per heavy atom. The van der Waals surface area contributed by atoms with Crippen LogP contribution in [0.15, 0.2) is 27.6 Å². The zero-order valence-corrected chi connectivity index (χ0v) is 16.1. The number of hydrogen-bond donors (Lipinski definition) is 1. The molecule has 1 aliphatic heterocycles. The van der Waals surface area contributed by atoms with Crippen LogP contribution in [0.25, 0.3) is 0 Å². The van der Waals surface area contributed by atoms with E-state index in [1.165, 1.54) is 12.1 Å². The van der Waals surface area contributed by atoms with E-state index in [0.29, 0.717) is 10.4 Å². The minimum Gasteiger partial charge on any atom is -0.299 e. The summed E-state index contributed by atoms with van der Waals surface area (Å²) in [7, 11) is -3.79. The Labute approximate surface area is 150 Å². The van der Waals surface area contributed by atoms with Crippen LogP contribution in [0.2, 0.25) is 0 Å². The van der Waals surface area contributed by atoms with Crippen LogP contribution in [0.1, 0.15) is 26.7 Å². The number of nitro benzene ring substituents is 1. The summed E-state index contributed by atoms with van der Waals surface area (Å²) in [5.74, 6) is 0.715. The van der Waals surface area contributed by atoms with Gasteiger partial charge in [-0.3, -0.25) is 15.0 Å². The molecule has 1 unspecified atom stereocenters. The Hall–Kier alpha value is -1.03. The van der Waals surface area contributed by atoms with E-state index in [1.807, 2.05) is 6.92 Å². The molecule has 1 aromatic rings. The molecule has 0 amide bonds. The molecule has 24 heavy (non-hydrogen) atoms. The lowest BCUT2D eigenvalue weighted by Crippen LogP contribution is -2.45. The Kier molecular flexibility index (Phi) is 6.35. The van der Waals surface area contributed by atoms with Crippen molar-refractivity contribution in [2.45, 2.75) is 37.6 Å². The average molecular weight is 420 g/mol. The fourth-order valence-electron chi connectivity index (χ4n) is 2.72. The number of halogens is 1. The van der Waals surface area contributed by atoms with Crippen LogP contribution in [0.4, 0.5) is 5.69 Å². The third-order valence-electron chi connectivity index (χ3n) is 4.39. The van der Waals surface area contributed by atoms with Gasteiger partial charge in [0.05, 0.1) is 9.82 Å². The van der Waals surface area contributed by atoms with E-state index in [4.69, 9.17) is 0 Å². The van der Waals surface area contributed by atoms with Gasteiger partial charge in [0.2, 0.25) is 10.0 Å². The minimum atomic E-state index is -3.79. The average Bonchev–Trinajstić information content (AvgIpc) is 2.52. The van der Waals surface area contributed by atoms with E-state index in [9.17, 15) is 18.5 Å². The van der Waals surface area contributed by atoms with Crippen LogP contribution in [-0.2, 0) is 10.0 Å². The van der Waals surface area contributed by atoms with Crippen molar-refractivity contribution in [2.75, 3.05) is 19.6 Å². The second-order valence-electron chi connectivity index (χ2n) is 6.32. The van der Waals surface area contributed by atoms with E-state index in [0.717, 1.165) is 32.0 Å². The number of rotatable bonds is 6. The molecule has 1 heterocycles. The monoisotopic (exact) mass is 419 g/mol. The first-order valence-electron chi connectivity index (χ1n) is 7.88. The fourth-order valence-corrected chi connectivity index (χ4v) is 4.54. The molecular formula is C15H22BrN3O4S. The number of sulfonamides is 1. The van der Waals surface area contributed by atoms with Crippen LogP contribution in [-0.4, -0.2) is 43.9 Å². The van der Waals surface area contributed by atoms with Crippen molar-refractivity contribution in [1.29, 1.82) is 0 Å². The highest BCUT2D eigenvalue weighted by atomic mass is 79.9. The molecular weight excluding hydrogens is 398 g/mol. The molecule has 1 aromatic carbocycles. The molecule has 7 nitrogen and oxygen atoms in total. The van der Waals surface area contributed by atoms with E-state index >= 15 is 0 Å². The Morgan fingerprint density at radius 3 is 2.58 bits per heavy atom. The van der Waals surface area contributed by atoms with Gasteiger partial charge in [-0.25, -0.2) is 13.1 Å². The van der Waals surface area contributed by atoms with Crippen LogP contribution >= 0.6 is 15.9 Å². The molecule has 2 rings (SSSR count). The van der Waals surface area contributed by atoms with Crippen LogP contribution in [0, 0.1) is 16.0 Å². The highest BCUT2D eigenvalue weighted by Gasteiger charge is 2.23. The summed E-state index contributed by atoms with van der Waals surface area (Å²) in [5.41, 5.74) is -0.261. The number of non-ortho nitro benzene ring substituents is 1. The van der Waals surface area contributed by atoms with Crippen molar-refractivity contribution in [2.24, 2.45) is 5.92 Å². The Bertz CT molecular complexity index is 703. The second kappa shape index (κ2) is 7.90. The number of benzene rings is 1. The van der Waals surface area contributed by atoms with Gasteiger partial charge in [0.25, 0.3) is 5.69 Å². The quantitative estimate of drug-likeness (QED) is 0.564. The predicted octanol–water partition coefficient (Wildman–Crippen LogP) is 2.76. The van der Waals surface area contributed by atoms with E-state index in [2.05, 4.69) is 32.5 Å². The Morgan fingerprint density at radius 1 is 1.38 bits per heavy atom. The zero-order chi connectivity index (χ0) is 17.9. The molecule has 0 saturated carbocycles. The van der Waals surface area contributed by atoms with E-state index in [1.54, 1.807) is 0 Å². The number of piperidine rings is 1. The van der Waals surface area contributed by atoms with Crippen LogP contribution in [0.3, 0.4) is 0 Å². The Balaban J connectivity index is 2.04. The van der Waals surface area contributed by atoms with Crippen molar-refractivity contribution in [3.05, 3.63) is 32.8 Å². The van der Waals surface area contributed by atoms with Crippen LogP contribution < -0.4 is 4.72 Å². The summed E-state index contributed by atoms with van der Waals surface area (Å²) >= 11 is 3.12. The van der Waals surface area contributed by atoms with Gasteiger partial charge in [0.15, 0.2) is 0 Å². The van der Waals surface area contributed by atoms with Crippen LogP contribution in [0.5, 0.6) is 0 Å². The molecule has 1 fully saturated rings. The van der Waals surface area contributed by atoms with Gasteiger partial charge >= 0.3 is 0 Å². The van der Waals surface area contributed by atoms with Gasteiger partial charge < -0.3 is 0 Å². The third-order valence-corrected chi connectivity index (χ3v) is 6.25. The van der Waals surface area contributed by atoms with Crippen molar-refractivity contribution in [3.63, 3.8) is 0 Å². The lowest BCUT2D eigenvalue weighted by atomic mass is 9.98. The van der Waals surface area contributed by atoms with Crippen molar-refractivity contribution >= 4 is 31.6 Å². The van der Waals surface area contributed by atoms with Gasteiger partial charge in [-0.15, -0.1) is 0 Å². The molecule has 9 heteroatoms. The first-order chi connectivity index (χ1) is 11.2. The van der Waals surface area contributed by atoms with Crippen molar-refractivity contribution in [3.8, 4) is 0 Å². The molecule has 0 spiro atoms. The highest BCUT2D eigenvalue weighted by molar-refractivity contribution is 9.10. The third kappa shape index (κ3) is 4.98. The smallest absolute Gasteiger partial charge is 0.271 e. The number of nitrogens with zero attached hydrogens (tertiary/aromatic N) is 2. The summed E-state index contributed by atoms with van der Waals surface area (Å²) < 4.78 is 27.8. The molecule has 1 aliphatic rings. The summed E-state index contributed by atoms with van der Waals surface area (Å²) in [6.07, 6.45) is 2.24. The summed E-state index contributed by atoms with van der Waals surface area (Å²) in [5, 5.41) is 10.9. The number of hydrogen-bond acceptors (Lipinski definition) is 5. The minimum absolute atomic E-state index is 0.0782. The van der Waals surface area contributed by atoms with Gasteiger partial charge in [-0.2, -0.15) is 0 Å². The maximum Gasteiger partial charge on any atom is 0.271 e. The number of nitro groups is 1. The maximum atomic E-state index is 12.4. The lowest BCUT2D eigenvalue weighted by molar-refractivity contribution is -0.385. The van der Waals surface area contributed by atoms with Crippen molar-refractivity contribution < 1.29 is 13.3 Å². The van der Waals surface area contributed by atoms with Crippen molar-refractivity contribution in [1.82, 2.24) is 9.62 Å². The molecule has 0 aliphatic carbocycles. The fraction of sp³-hybridized carbons (Fsp3) is 0.600. The van der Waals surface area contributed by atoms with Gasteiger partial charge in [0.1, 0.15) is 0 Å². The van der Waals surface area contributed by atoms with Gasteiger partial charge in [-0.05, 0) is 44.8 Å². The number of nitrogens with one attached hydrogen (secondary N) is 1. The second-order valence-corrected chi connectivity index (χ2v) is 9.00. The highest BCUT2D eigenvalue weighted by Crippen LogP contribution is 2.24. The normalized spacial score (nSPS) is 18.5. The maximum absolute atomic E-state index is 12.4. The van der Waals surface area contributed by atoms with Gasteiger partial charge in [0, 0.05) is 29.2 Å². The number of likely N-dealkylation sites (tertiary alicyclic amines) is 1.